The van der Waals surface area contributed by atoms with Crippen LogP contribution in [0.1, 0.15) is 0 Å². The first-order valence-corrected chi connectivity index (χ1v) is 5.49. The monoisotopic (exact) mass is 269 g/mol. The van der Waals surface area contributed by atoms with E-state index in [0.29, 0.717) is 15.7 Å². The van der Waals surface area contributed by atoms with E-state index in [2.05, 4.69) is 9.97 Å². The average molecular weight is 270 g/mol. The van der Waals surface area contributed by atoms with E-state index >= 15 is 0 Å². The van der Waals surface area contributed by atoms with Gasteiger partial charge in [-0.15, -0.1) is 0 Å². The van der Waals surface area contributed by atoms with Gasteiger partial charge < -0.3 is 10.5 Å². The van der Waals surface area contributed by atoms with Gasteiger partial charge in [-0.2, -0.15) is 0 Å². The zero-order valence-electron chi connectivity index (χ0n) is 8.95. The van der Waals surface area contributed by atoms with Crippen LogP contribution in [0.4, 0.5) is 5.82 Å². The van der Waals surface area contributed by atoms with E-state index in [1.54, 1.807) is 18.2 Å². The highest BCUT2D eigenvalue weighted by Crippen LogP contribution is 2.30. The van der Waals surface area contributed by atoms with Gasteiger partial charge in [-0.05, 0) is 18.2 Å². The number of hydrogen-bond acceptors (Lipinski definition) is 4. The normalized spacial score (nSPS) is 10.3. The van der Waals surface area contributed by atoms with Crippen molar-refractivity contribution in [1.82, 2.24) is 9.97 Å². The summed E-state index contributed by atoms with van der Waals surface area (Å²) in [5.41, 5.74) is 6.89. The molecular formula is C11H9Cl2N3O. The van der Waals surface area contributed by atoms with E-state index < -0.39 is 0 Å². The fourth-order valence-corrected chi connectivity index (χ4v) is 1.86. The third-order valence-electron chi connectivity index (χ3n) is 2.17. The highest BCUT2D eigenvalue weighted by molar-refractivity contribution is 6.36. The van der Waals surface area contributed by atoms with Gasteiger partial charge in [0, 0.05) is 10.6 Å². The number of benzene rings is 1. The topological polar surface area (TPSA) is 61.0 Å². The van der Waals surface area contributed by atoms with Gasteiger partial charge in [-0.1, -0.05) is 23.2 Å². The molecule has 0 unspecified atom stereocenters. The van der Waals surface area contributed by atoms with Gasteiger partial charge in [0.15, 0.2) is 5.82 Å². The second kappa shape index (κ2) is 4.77. The summed E-state index contributed by atoms with van der Waals surface area (Å²) >= 11 is 11.9. The van der Waals surface area contributed by atoms with E-state index in [1.165, 1.54) is 13.3 Å². The summed E-state index contributed by atoms with van der Waals surface area (Å²) in [7, 11) is 1.48. The van der Waals surface area contributed by atoms with Gasteiger partial charge in [0.25, 0.3) is 5.88 Å². The van der Waals surface area contributed by atoms with Crippen LogP contribution in [0.25, 0.3) is 11.3 Å². The van der Waals surface area contributed by atoms with E-state index in [1.807, 2.05) is 0 Å². The Hall–Kier alpha value is -1.52. The Bertz CT molecular complexity index is 560. The van der Waals surface area contributed by atoms with Crippen LogP contribution in [0.15, 0.2) is 24.4 Å². The van der Waals surface area contributed by atoms with Crippen molar-refractivity contribution in [3.63, 3.8) is 0 Å². The summed E-state index contributed by atoms with van der Waals surface area (Å²) in [5, 5.41) is 1.06. The second-order valence-electron chi connectivity index (χ2n) is 3.27. The first-order chi connectivity index (χ1) is 8.11. The molecule has 2 rings (SSSR count). The smallest absolute Gasteiger partial charge is 0.257 e. The zero-order valence-corrected chi connectivity index (χ0v) is 10.5. The summed E-state index contributed by atoms with van der Waals surface area (Å²) in [6.45, 7) is 0. The van der Waals surface area contributed by atoms with Gasteiger partial charge in [0.1, 0.15) is 0 Å². The van der Waals surface area contributed by atoms with Gasteiger partial charge in [0.05, 0.1) is 24.0 Å². The Morgan fingerprint density at radius 3 is 2.71 bits per heavy atom. The highest BCUT2D eigenvalue weighted by Gasteiger charge is 2.09. The maximum atomic E-state index is 6.08. The van der Waals surface area contributed by atoms with Crippen LogP contribution >= 0.6 is 23.2 Å². The molecule has 1 heterocycles. The van der Waals surface area contributed by atoms with E-state index in [4.69, 9.17) is 33.7 Å². The molecule has 0 bridgehead atoms. The van der Waals surface area contributed by atoms with E-state index in [-0.39, 0.29) is 11.7 Å². The summed E-state index contributed by atoms with van der Waals surface area (Å²) in [5.74, 6) is 0.509. The number of methoxy groups -OCH3 is 1. The van der Waals surface area contributed by atoms with Crippen molar-refractivity contribution in [3.05, 3.63) is 34.4 Å². The van der Waals surface area contributed by atoms with Crippen molar-refractivity contribution in [2.75, 3.05) is 12.8 Å². The molecule has 0 aliphatic rings. The number of aromatic nitrogens is 2. The molecule has 88 valence electrons. The van der Waals surface area contributed by atoms with Gasteiger partial charge in [-0.3, -0.25) is 0 Å². The zero-order chi connectivity index (χ0) is 12.4. The second-order valence-corrected chi connectivity index (χ2v) is 4.12. The lowest BCUT2D eigenvalue weighted by atomic mass is 10.1. The first kappa shape index (κ1) is 12.0. The summed E-state index contributed by atoms with van der Waals surface area (Å²) < 4.78 is 5.00. The largest absolute Gasteiger partial charge is 0.478 e. The fraction of sp³-hybridized carbons (Fsp3) is 0.0909. The lowest BCUT2D eigenvalue weighted by Crippen LogP contribution is -1.99. The van der Waals surface area contributed by atoms with Crippen LogP contribution in [0.5, 0.6) is 5.88 Å². The van der Waals surface area contributed by atoms with Crippen LogP contribution in [-0.4, -0.2) is 17.1 Å². The standard InChI is InChI=1S/C11H9Cl2N3O/c1-17-11-10(14)15-5-9(16-11)7-3-2-6(12)4-8(7)13/h2-5H,1H3,(H2,14,15). The number of nitrogens with zero attached hydrogens (tertiary/aromatic N) is 2. The van der Waals surface area contributed by atoms with E-state index in [9.17, 15) is 0 Å². The molecule has 2 N–H and O–H groups in total. The Morgan fingerprint density at radius 2 is 2.06 bits per heavy atom. The third-order valence-corrected chi connectivity index (χ3v) is 2.72. The summed E-state index contributed by atoms with van der Waals surface area (Å²) in [6.07, 6.45) is 1.53. The van der Waals surface area contributed by atoms with Gasteiger partial charge >= 0.3 is 0 Å². The number of nitrogen functional groups attached to an aromatic ring is 1. The van der Waals surface area contributed by atoms with Crippen LogP contribution in [0.3, 0.4) is 0 Å². The minimum Gasteiger partial charge on any atom is -0.478 e. The molecule has 0 saturated carbocycles. The van der Waals surface area contributed by atoms with Crippen LogP contribution in [-0.2, 0) is 0 Å². The Morgan fingerprint density at radius 1 is 1.29 bits per heavy atom. The summed E-state index contributed by atoms with van der Waals surface area (Å²) in [4.78, 5) is 8.20. The van der Waals surface area contributed by atoms with Crippen molar-refractivity contribution in [2.24, 2.45) is 0 Å². The molecule has 0 fully saturated rings. The average Bonchev–Trinajstić information content (AvgIpc) is 2.30. The van der Waals surface area contributed by atoms with Crippen LogP contribution < -0.4 is 10.5 Å². The quantitative estimate of drug-likeness (QED) is 0.911. The third kappa shape index (κ3) is 2.43. The Kier molecular flexibility index (Phi) is 3.36. The SMILES string of the molecule is COc1nc(-c2ccc(Cl)cc2Cl)cnc1N. The van der Waals surface area contributed by atoms with Gasteiger partial charge in [-0.25, -0.2) is 9.97 Å². The number of hydrogen-bond donors (Lipinski definition) is 1. The number of anilines is 1. The summed E-state index contributed by atoms with van der Waals surface area (Å²) in [6, 6.07) is 5.14. The molecule has 0 aliphatic carbocycles. The van der Waals surface area contributed by atoms with Crippen LogP contribution in [0, 0.1) is 0 Å². The lowest BCUT2D eigenvalue weighted by Gasteiger charge is -2.07. The molecule has 4 nitrogen and oxygen atoms in total. The molecule has 2 aromatic rings. The molecule has 0 radical (unpaired) electrons. The van der Waals surface area contributed by atoms with Crippen LogP contribution in [0.2, 0.25) is 10.0 Å². The number of halogens is 2. The number of rotatable bonds is 2. The molecule has 1 aromatic carbocycles. The molecule has 17 heavy (non-hydrogen) atoms. The van der Waals surface area contributed by atoms with Crippen molar-refractivity contribution in [3.8, 4) is 17.1 Å². The maximum absolute atomic E-state index is 6.08. The molecule has 0 saturated heterocycles. The van der Waals surface area contributed by atoms with Crippen molar-refractivity contribution >= 4 is 29.0 Å². The van der Waals surface area contributed by atoms with Gasteiger partial charge in [0.2, 0.25) is 0 Å². The highest BCUT2D eigenvalue weighted by atomic mass is 35.5. The molecule has 0 spiro atoms. The Balaban J connectivity index is 2.53. The molecule has 0 aliphatic heterocycles. The van der Waals surface area contributed by atoms with Crippen molar-refractivity contribution in [2.45, 2.75) is 0 Å². The first-order valence-electron chi connectivity index (χ1n) is 4.73. The number of ether oxygens (including phenoxy) is 1. The molecule has 0 amide bonds. The van der Waals surface area contributed by atoms with E-state index in [0.717, 1.165) is 5.56 Å². The Labute approximate surface area is 108 Å². The minimum absolute atomic E-state index is 0.237. The maximum Gasteiger partial charge on any atom is 0.257 e. The van der Waals surface area contributed by atoms with Crippen molar-refractivity contribution in [1.29, 1.82) is 0 Å². The number of nitrogens with two attached hydrogens (primary N) is 1. The molecule has 6 heteroatoms. The van der Waals surface area contributed by atoms with Crippen molar-refractivity contribution < 1.29 is 4.74 Å². The predicted molar refractivity (Wildman–Crippen MR) is 68.5 cm³/mol. The minimum atomic E-state index is 0.237. The predicted octanol–water partition coefficient (Wildman–Crippen LogP) is 3.04. The fourth-order valence-electron chi connectivity index (χ4n) is 1.36. The molecule has 1 aromatic heterocycles. The molecular weight excluding hydrogens is 261 g/mol. The lowest BCUT2D eigenvalue weighted by molar-refractivity contribution is 0.399. The molecule has 0 atom stereocenters.